The molecule has 9 nitrogen and oxygen atoms in total. The van der Waals surface area contributed by atoms with E-state index in [2.05, 4.69) is 29.5 Å². The molecule has 1 aromatic carbocycles. The van der Waals surface area contributed by atoms with Gasteiger partial charge < -0.3 is 24.0 Å². The number of benzene rings is 1. The predicted octanol–water partition coefficient (Wildman–Crippen LogP) is 6.78. The lowest BCUT2D eigenvalue weighted by atomic mass is 10.1. The van der Waals surface area contributed by atoms with Crippen LogP contribution in [0.3, 0.4) is 0 Å². The molecule has 1 aliphatic rings. The summed E-state index contributed by atoms with van der Waals surface area (Å²) in [6.45, 7) is 20.9. The quantitative estimate of drug-likeness (QED) is 0.198. The van der Waals surface area contributed by atoms with Gasteiger partial charge >= 0.3 is 6.09 Å². The summed E-state index contributed by atoms with van der Waals surface area (Å²) in [4.78, 5) is 21.3. The number of anilines is 1. The molecule has 0 bridgehead atoms. The van der Waals surface area contributed by atoms with E-state index in [4.69, 9.17) is 19.3 Å². The average molecular weight is 600 g/mol. The lowest BCUT2D eigenvalue weighted by Gasteiger charge is -2.40. The maximum absolute atomic E-state index is 15.1. The molecule has 0 N–H and O–H groups in total. The third kappa shape index (κ3) is 8.00. The first kappa shape index (κ1) is 31.7. The number of piperazine rings is 1. The highest BCUT2D eigenvalue weighted by molar-refractivity contribution is 6.76. The van der Waals surface area contributed by atoms with Crippen molar-refractivity contribution in [2.75, 3.05) is 31.1 Å². The van der Waals surface area contributed by atoms with Crippen molar-refractivity contribution in [1.82, 2.24) is 19.7 Å². The van der Waals surface area contributed by atoms with Gasteiger partial charge in [0.2, 0.25) is 0 Å². The molecule has 3 heterocycles. The summed E-state index contributed by atoms with van der Waals surface area (Å²) in [6, 6.07) is 8.10. The van der Waals surface area contributed by atoms with Gasteiger partial charge in [-0.25, -0.2) is 18.9 Å². The fraction of sp³-hybridized carbons (Fsp3) is 0.581. The first-order chi connectivity index (χ1) is 19.6. The fourth-order valence-corrected chi connectivity index (χ4v) is 5.61. The molecule has 1 saturated heterocycles. The van der Waals surface area contributed by atoms with Gasteiger partial charge in [0.15, 0.2) is 11.6 Å². The Labute approximate surface area is 249 Å². The van der Waals surface area contributed by atoms with Crippen molar-refractivity contribution in [2.45, 2.75) is 91.7 Å². The van der Waals surface area contributed by atoms with E-state index in [1.54, 1.807) is 21.8 Å². The number of ether oxygens (including phenoxy) is 3. The number of fused-ring (bicyclic) bond motifs is 1. The van der Waals surface area contributed by atoms with Gasteiger partial charge in [-0.15, -0.1) is 0 Å². The number of pyridine rings is 1. The van der Waals surface area contributed by atoms with Gasteiger partial charge in [0, 0.05) is 63.6 Å². The number of hydrogen-bond acceptors (Lipinski definition) is 7. The third-order valence-electron chi connectivity index (χ3n) is 6.98. The number of carbonyl (C=O) groups is 1. The number of halogens is 1. The first-order valence-electron chi connectivity index (χ1n) is 14.8. The first-order valence-corrected chi connectivity index (χ1v) is 18.5. The third-order valence-corrected chi connectivity index (χ3v) is 8.68. The van der Waals surface area contributed by atoms with E-state index in [1.165, 1.54) is 6.07 Å². The Bertz CT molecular complexity index is 1400. The molecule has 3 aromatic rings. The van der Waals surface area contributed by atoms with Gasteiger partial charge in [-0.1, -0.05) is 19.6 Å². The normalized spacial score (nSPS) is 16.4. The molecule has 230 valence electrons. The van der Waals surface area contributed by atoms with E-state index in [0.717, 1.165) is 22.8 Å². The van der Waals surface area contributed by atoms with Crippen LogP contribution in [0.5, 0.6) is 5.75 Å². The maximum atomic E-state index is 15.1. The van der Waals surface area contributed by atoms with Crippen molar-refractivity contribution in [2.24, 2.45) is 0 Å². The lowest BCUT2D eigenvalue weighted by molar-refractivity contribution is 0.0158. The summed E-state index contributed by atoms with van der Waals surface area (Å²) >= 11 is 0. The number of rotatable bonds is 9. The average Bonchev–Trinajstić information content (AvgIpc) is 3.22. The molecule has 0 spiro atoms. The minimum absolute atomic E-state index is 0.0499. The van der Waals surface area contributed by atoms with Crippen molar-refractivity contribution in [1.29, 1.82) is 0 Å². The molecule has 2 aromatic heterocycles. The second kappa shape index (κ2) is 12.6. The number of aromatic nitrogens is 3. The summed E-state index contributed by atoms with van der Waals surface area (Å²) in [6.07, 6.45) is 1.29. The summed E-state index contributed by atoms with van der Waals surface area (Å²) in [7, 11) is -1.25. The standard InChI is InChI=1S/C31H46FN5O4Si/c1-21(2)40-27-17-24-26(18-25(27)32)37(20-39-14-15-42(7,8)9)34-29(24)23-10-11-33-28(16-23)35-12-13-36(22(3)19-35)30(38)41-31(4,5)6/h10-11,16-18,21-22H,12-15,19-20H2,1-9H3/t22-/m0/s1. The van der Waals surface area contributed by atoms with Crippen molar-refractivity contribution in [3.05, 3.63) is 36.3 Å². The van der Waals surface area contributed by atoms with Crippen LogP contribution < -0.4 is 9.64 Å². The molecule has 1 atom stereocenters. The van der Waals surface area contributed by atoms with E-state index in [9.17, 15) is 4.79 Å². The molecule has 4 rings (SSSR count). The van der Waals surface area contributed by atoms with Crippen molar-refractivity contribution in [3.63, 3.8) is 0 Å². The van der Waals surface area contributed by atoms with Crippen LogP contribution in [0, 0.1) is 5.82 Å². The van der Waals surface area contributed by atoms with E-state index >= 15 is 4.39 Å². The van der Waals surface area contributed by atoms with Gasteiger partial charge in [0.25, 0.3) is 0 Å². The van der Waals surface area contributed by atoms with Crippen LogP contribution in [-0.2, 0) is 16.2 Å². The van der Waals surface area contributed by atoms with Gasteiger partial charge in [0.1, 0.15) is 23.8 Å². The molecule has 1 amide bonds. The number of nitrogens with zero attached hydrogens (tertiary/aromatic N) is 5. The minimum Gasteiger partial charge on any atom is -0.488 e. The zero-order chi connectivity index (χ0) is 30.8. The van der Waals surface area contributed by atoms with Gasteiger partial charge in [-0.05, 0) is 65.8 Å². The van der Waals surface area contributed by atoms with Crippen LogP contribution in [0.25, 0.3) is 22.2 Å². The maximum Gasteiger partial charge on any atom is 0.410 e. The predicted molar refractivity (Wildman–Crippen MR) is 167 cm³/mol. The van der Waals surface area contributed by atoms with Gasteiger partial charge in [-0.2, -0.15) is 5.10 Å². The Hall–Kier alpha value is -3.18. The van der Waals surface area contributed by atoms with Crippen molar-refractivity contribution >= 4 is 30.9 Å². The Kier molecular flexibility index (Phi) is 9.51. The molecular weight excluding hydrogens is 553 g/mol. The highest BCUT2D eigenvalue weighted by atomic mass is 28.3. The van der Waals surface area contributed by atoms with Crippen LogP contribution in [0.2, 0.25) is 25.7 Å². The molecule has 1 fully saturated rings. The summed E-state index contributed by atoms with van der Waals surface area (Å²) in [5.74, 6) is 0.552. The SMILES string of the molecule is CC(C)Oc1cc2c(-c3ccnc(N4CCN(C(=O)OC(C)(C)C)[C@@H](C)C4)c3)nn(COCC[Si](C)(C)C)c2cc1F. The van der Waals surface area contributed by atoms with Crippen molar-refractivity contribution < 1.29 is 23.4 Å². The van der Waals surface area contributed by atoms with Crippen LogP contribution in [0.15, 0.2) is 30.5 Å². The summed E-state index contributed by atoms with van der Waals surface area (Å²) < 4.78 is 34.2. The van der Waals surface area contributed by atoms with E-state index in [0.29, 0.717) is 37.5 Å². The van der Waals surface area contributed by atoms with Crippen LogP contribution in [0.1, 0.15) is 41.5 Å². The zero-order valence-corrected chi connectivity index (χ0v) is 27.5. The number of amides is 1. The number of carbonyl (C=O) groups excluding carboxylic acids is 1. The van der Waals surface area contributed by atoms with Gasteiger partial charge in [0.05, 0.1) is 11.6 Å². The summed E-state index contributed by atoms with van der Waals surface area (Å²) in [5.41, 5.74) is 1.66. The van der Waals surface area contributed by atoms with Crippen LogP contribution in [-0.4, -0.2) is 77.8 Å². The minimum atomic E-state index is -1.25. The van der Waals surface area contributed by atoms with E-state index in [-0.39, 0.29) is 30.7 Å². The molecule has 0 radical (unpaired) electrons. The Balaban J connectivity index is 1.62. The topological polar surface area (TPSA) is 82.0 Å². The molecule has 11 heteroatoms. The van der Waals surface area contributed by atoms with E-state index in [1.807, 2.05) is 53.7 Å². The molecule has 1 aliphatic heterocycles. The molecule has 0 aliphatic carbocycles. The molecular formula is C31H46FN5O4Si. The zero-order valence-electron chi connectivity index (χ0n) is 26.5. The van der Waals surface area contributed by atoms with Crippen LogP contribution >= 0.6 is 0 Å². The smallest absolute Gasteiger partial charge is 0.410 e. The lowest BCUT2D eigenvalue weighted by Crippen LogP contribution is -2.55. The van der Waals surface area contributed by atoms with E-state index < -0.39 is 19.5 Å². The second-order valence-electron chi connectivity index (χ2n) is 13.5. The molecule has 42 heavy (non-hydrogen) atoms. The highest BCUT2D eigenvalue weighted by Crippen LogP contribution is 2.34. The highest BCUT2D eigenvalue weighted by Gasteiger charge is 2.31. The Morgan fingerprint density at radius 1 is 1.17 bits per heavy atom. The van der Waals surface area contributed by atoms with Crippen LogP contribution in [0.4, 0.5) is 15.0 Å². The summed E-state index contributed by atoms with van der Waals surface area (Å²) in [5, 5.41) is 5.67. The van der Waals surface area contributed by atoms with Gasteiger partial charge in [-0.3, -0.25) is 0 Å². The molecule has 0 saturated carbocycles. The fourth-order valence-electron chi connectivity index (χ4n) is 4.86. The Morgan fingerprint density at radius 2 is 1.90 bits per heavy atom. The Morgan fingerprint density at radius 3 is 2.55 bits per heavy atom. The monoisotopic (exact) mass is 599 g/mol. The largest absolute Gasteiger partial charge is 0.488 e. The molecule has 0 unspecified atom stereocenters. The van der Waals surface area contributed by atoms with Crippen molar-refractivity contribution in [3.8, 4) is 17.0 Å². The second-order valence-corrected chi connectivity index (χ2v) is 19.2. The number of hydrogen-bond donors (Lipinski definition) is 0.